The number of Topliss-reactive ketones (excluding diaryl/α,β-unsaturated/α-hetero) is 1. The highest BCUT2D eigenvalue weighted by Crippen LogP contribution is 2.40. The lowest BCUT2D eigenvalue weighted by Gasteiger charge is -2.20. The topological polar surface area (TPSA) is 70.2 Å². The summed E-state index contributed by atoms with van der Waals surface area (Å²) in [5.74, 6) is -0.968. The third-order valence-electron chi connectivity index (χ3n) is 3.43. The number of hydrogen-bond donors (Lipinski definition) is 2. The Morgan fingerprint density at radius 2 is 2.00 bits per heavy atom. The Balaban J connectivity index is 2.23. The third-order valence-corrected chi connectivity index (χ3v) is 3.43. The number of aromatic nitrogens is 1. The second-order valence-electron chi connectivity index (χ2n) is 4.70. The van der Waals surface area contributed by atoms with Gasteiger partial charge in [0.1, 0.15) is 5.69 Å². The van der Waals surface area contributed by atoms with Crippen molar-refractivity contribution in [3.63, 3.8) is 0 Å². The fraction of sp³-hybridized carbons (Fsp3) is 0.500. The molecule has 0 bridgehead atoms. The molecule has 1 fully saturated rings. The van der Waals surface area contributed by atoms with Gasteiger partial charge in [0.15, 0.2) is 5.78 Å². The van der Waals surface area contributed by atoms with Gasteiger partial charge in [-0.25, -0.2) is 4.79 Å². The zero-order valence-electron chi connectivity index (χ0n) is 9.25. The summed E-state index contributed by atoms with van der Waals surface area (Å²) in [5.41, 5.74) is 0.268. The summed E-state index contributed by atoms with van der Waals surface area (Å²) in [6.07, 6.45) is 5.46. The predicted octanol–water partition coefficient (Wildman–Crippen LogP) is 2.48. The van der Waals surface area contributed by atoms with Gasteiger partial charge in [0, 0.05) is 17.2 Å². The normalized spacial score (nSPS) is 18.6. The van der Waals surface area contributed by atoms with E-state index in [-0.39, 0.29) is 16.9 Å². The van der Waals surface area contributed by atoms with Crippen LogP contribution in [-0.4, -0.2) is 21.8 Å². The quantitative estimate of drug-likeness (QED) is 0.770. The Labute approximate surface area is 93.7 Å². The molecule has 1 aromatic rings. The Morgan fingerprint density at radius 1 is 1.38 bits per heavy atom. The number of carboxylic acids is 1. The number of ketones is 1. The molecule has 4 nitrogen and oxygen atoms in total. The van der Waals surface area contributed by atoms with Crippen LogP contribution in [0.1, 0.15) is 53.5 Å². The molecule has 2 rings (SSSR count). The minimum absolute atomic E-state index is 0.0637. The molecule has 0 unspecified atom stereocenters. The van der Waals surface area contributed by atoms with Crippen LogP contribution in [0.25, 0.3) is 0 Å². The molecule has 1 aromatic heterocycles. The zero-order chi connectivity index (χ0) is 11.8. The van der Waals surface area contributed by atoms with Crippen molar-refractivity contribution < 1.29 is 14.7 Å². The number of aromatic carboxylic acids is 1. The van der Waals surface area contributed by atoms with E-state index in [0.29, 0.717) is 5.56 Å². The lowest BCUT2D eigenvalue weighted by Crippen LogP contribution is -2.23. The fourth-order valence-corrected chi connectivity index (χ4v) is 2.38. The molecule has 2 N–H and O–H groups in total. The first-order chi connectivity index (χ1) is 7.53. The molecule has 0 radical (unpaired) electrons. The molecule has 0 aliphatic heterocycles. The van der Waals surface area contributed by atoms with Gasteiger partial charge in [-0.1, -0.05) is 19.8 Å². The number of H-pyrrole nitrogens is 1. The number of rotatable bonds is 3. The van der Waals surface area contributed by atoms with E-state index in [1.165, 1.54) is 12.3 Å². The maximum atomic E-state index is 12.2. The first-order valence-corrected chi connectivity index (χ1v) is 5.49. The van der Waals surface area contributed by atoms with Gasteiger partial charge < -0.3 is 10.1 Å². The van der Waals surface area contributed by atoms with Gasteiger partial charge in [-0.2, -0.15) is 0 Å². The van der Waals surface area contributed by atoms with E-state index in [1.54, 1.807) is 0 Å². The molecule has 4 heteroatoms. The van der Waals surface area contributed by atoms with Crippen molar-refractivity contribution in [2.45, 2.75) is 32.6 Å². The summed E-state index contributed by atoms with van der Waals surface area (Å²) in [6, 6.07) is 1.42. The standard InChI is InChI=1S/C12H15NO3/c1-12(4-2-3-5-12)10(14)8-6-9(11(15)16)13-7-8/h6-7,13H,2-5H2,1H3,(H,15,16). The lowest BCUT2D eigenvalue weighted by atomic mass is 9.81. The van der Waals surface area contributed by atoms with Gasteiger partial charge in [0.05, 0.1) is 0 Å². The van der Waals surface area contributed by atoms with Gasteiger partial charge in [-0.3, -0.25) is 4.79 Å². The van der Waals surface area contributed by atoms with Crippen LogP contribution in [0.3, 0.4) is 0 Å². The van der Waals surface area contributed by atoms with Crippen LogP contribution in [0.4, 0.5) is 0 Å². The van der Waals surface area contributed by atoms with E-state index in [0.717, 1.165) is 25.7 Å². The van der Waals surface area contributed by atoms with Gasteiger partial charge in [-0.15, -0.1) is 0 Å². The van der Waals surface area contributed by atoms with E-state index in [1.807, 2.05) is 6.92 Å². The summed E-state index contributed by atoms with van der Waals surface area (Å²) in [6.45, 7) is 1.97. The Morgan fingerprint density at radius 3 is 2.50 bits per heavy atom. The number of aromatic amines is 1. The third kappa shape index (κ3) is 1.75. The second-order valence-corrected chi connectivity index (χ2v) is 4.70. The van der Waals surface area contributed by atoms with Crippen LogP contribution < -0.4 is 0 Å². The molecule has 1 heterocycles. The maximum Gasteiger partial charge on any atom is 0.352 e. The number of carbonyl (C=O) groups excluding carboxylic acids is 1. The average molecular weight is 221 g/mol. The van der Waals surface area contributed by atoms with E-state index in [4.69, 9.17) is 5.11 Å². The van der Waals surface area contributed by atoms with Crippen molar-refractivity contribution in [3.8, 4) is 0 Å². The summed E-state index contributed by atoms with van der Waals surface area (Å²) >= 11 is 0. The van der Waals surface area contributed by atoms with Gasteiger partial charge >= 0.3 is 5.97 Å². The Hall–Kier alpha value is -1.58. The number of carbonyl (C=O) groups is 2. The first-order valence-electron chi connectivity index (χ1n) is 5.49. The van der Waals surface area contributed by atoms with E-state index in [2.05, 4.69) is 4.98 Å². The van der Waals surface area contributed by atoms with Crippen molar-refractivity contribution in [2.75, 3.05) is 0 Å². The van der Waals surface area contributed by atoms with Crippen LogP contribution in [0.15, 0.2) is 12.3 Å². The van der Waals surface area contributed by atoms with Crippen molar-refractivity contribution in [3.05, 3.63) is 23.5 Å². The summed E-state index contributed by atoms with van der Waals surface area (Å²) in [4.78, 5) is 25.5. The van der Waals surface area contributed by atoms with Crippen LogP contribution in [-0.2, 0) is 0 Å². The van der Waals surface area contributed by atoms with E-state index < -0.39 is 5.97 Å². The number of carboxylic acid groups (broad SMARTS) is 1. The maximum absolute atomic E-state index is 12.2. The van der Waals surface area contributed by atoms with Crippen molar-refractivity contribution in [1.82, 2.24) is 4.98 Å². The number of nitrogens with one attached hydrogen (secondary N) is 1. The summed E-state index contributed by atoms with van der Waals surface area (Å²) < 4.78 is 0. The van der Waals surface area contributed by atoms with Crippen LogP contribution >= 0.6 is 0 Å². The van der Waals surface area contributed by atoms with Crippen LogP contribution in [0, 0.1) is 5.41 Å². The van der Waals surface area contributed by atoms with Crippen LogP contribution in [0.2, 0.25) is 0 Å². The Bertz CT molecular complexity index is 427. The molecule has 86 valence electrons. The minimum atomic E-state index is -1.03. The first kappa shape index (κ1) is 10.9. The van der Waals surface area contributed by atoms with E-state index >= 15 is 0 Å². The highest BCUT2D eigenvalue weighted by Gasteiger charge is 2.37. The largest absolute Gasteiger partial charge is 0.477 e. The fourth-order valence-electron chi connectivity index (χ4n) is 2.38. The zero-order valence-corrected chi connectivity index (χ0v) is 9.25. The molecule has 0 saturated heterocycles. The monoisotopic (exact) mass is 221 g/mol. The molecule has 1 aliphatic carbocycles. The molecule has 1 aliphatic rings. The SMILES string of the molecule is CC1(C(=O)c2c[nH]c(C(=O)O)c2)CCCC1. The Kier molecular flexibility index (Phi) is 2.58. The minimum Gasteiger partial charge on any atom is -0.477 e. The summed E-state index contributed by atoms with van der Waals surface area (Å²) in [5, 5.41) is 8.77. The summed E-state index contributed by atoms with van der Waals surface area (Å²) in [7, 11) is 0. The van der Waals surface area contributed by atoms with Crippen molar-refractivity contribution in [2.24, 2.45) is 5.41 Å². The van der Waals surface area contributed by atoms with Gasteiger partial charge in [0.25, 0.3) is 0 Å². The van der Waals surface area contributed by atoms with Crippen LogP contribution in [0.5, 0.6) is 0 Å². The smallest absolute Gasteiger partial charge is 0.352 e. The molecular formula is C12H15NO3. The molecule has 0 atom stereocenters. The van der Waals surface area contributed by atoms with Gasteiger partial charge in [-0.05, 0) is 18.9 Å². The predicted molar refractivity (Wildman–Crippen MR) is 58.7 cm³/mol. The molecule has 0 spiro atoms. The molecule has 0 amide bonds. The molecule has 0 aromatic carbocycles. The van der Waals surface area contributed by atoms with Crippen molar-refractivity contribution in [1.29, 1.82) is 0 Å². The average Bonchev–Trinajstić information content (AvgIpc) is 2.85. The number of hydrogen-bond acceptors (Lipinski definition) is 2. The lowest BCUT2D eigenvalue weighted by molar-refractivity contribution is 0.0691. The second kappa shape index (κ2) is 3.77. The molecular weight excluding hydrogens is 206 g/mol. The molecule has 1 saturated carbocycles. The highest BCUT2D eigenvalue weighted by molar-refractivity contribution is 6.02. The molecule has 16 heavy (non-hydrogen) atoms. The highest BCUT2D eigenvalue weighted by atomic mass is 16.4. The van der Waals surface area contributed by atoms with Gasteiger partial charge in [0.2, 0.25) is 0 Å². The van der Waals surface area contributed by atoms with E-state index in [9.17, 15) is 9.59 Å². The van der Waals surface area contributed by atoms with Crippen molar-refractivity contribution >= 4 is 11.8 Å².